The van der Waals surface area contributed by atoms with E-state index in [-0.39, 0.29) is 4.64 Å². The lowest BCUT2D eigenvalue weighted by molar-refractivity contribution is 0.140. The second-order valence-corrected chi connectivity index (χ2v) is 4.27. The Morgan fingerprint density at radius 2 is 1.95 bits per heavy atom. The minimum atomic E-state index is -2.70. The largest absolute Gasteiger partial charge is 0.323 e. The van der Waals surface area contributed by atoms with Crippen molar-refractivity contribution in [1.82, 2.24) is 19.7 Å². The van der Waals surface area contributed by atoms with E-state index in [1.807, 2.05) is 30.3 Å². The van der Waals surface area contributed by atoms with E-state index in [0.29, 0.717) is 11.0 Å². The molecule has 1 aromatic carbocycles. The molecular formula is C12H8F2N4S. The topological polar surface area (TPSA) is 46.5 Å². The number of hydrogen-bond acceptors (Lipinski definition) is 3. The highest BCUT2D eigenvalue weighted by Gasteiger charge is 2.14. The van der Waals surface area contributed by atoms with Gasteiger partial charge in [0.25, 0.3) is 6.43 Å². The average Bonchev–Trinajstić information content (AvgIpc) is 2.84. The van der Waals surface area contributed by atoms with Crippen molar-refractivity contribution in [2.45, 2.75) is 6.43 Å². The molecule has 2 aromatic heterocycles. The number of rotatable bonds is 2. The summed E-state index contributed by atoms with van der Waals surface area (Å²) >= 11 is 5.01. The maximum absolute atomic E-state index is 12.7. The van der Waals surface area contributed by atoms with Gasteiger partial charge in [0.2, 0.25) is 0 Å². The van der Waals surface area contributed by atoms with Gasteiger partial charge < -0.3 is 4.98 Å². The lowest BCUT2D eigenvalue weighted by Crippen LogP contribution is -2.01. The van der Waals surface area contributed by atoms with Crippen LogP contribution in [0.1, 0.15) is 12.2 Å². The molecule has 1 N–H and O–H groups in total. The Hall–Kier alpha value is -2.15. The van der Waals surface area contributed by atoms with Crippen molar-refractivity contribution in [2.75, 3.05) is 0 Å². The summed E-state index contributed by atoms with van der Waals surface area (Å²) in [6, 6.07) is 9.19. The molecule has 0 aliphatic carbocycles. The first-order chi connectivity index (χ1) is 9.16. The van der Waals surface area contributed by atoms with Gasteiger partial charge in [-0.1, -0.05) is 30.4 Å². The zero-order valence-electron chi connectivity index (χ0n) is 9.55. The number of aromatic amines is 1. The van der Waals surface area contributed by atoms with Crippen LogP contribution in [0.15, 0.2) is 36.5 Å². The Morgan fingerprint density at radius 3 is 2.63 bits per heavy atom. The Morgan fingerprint density at radius 1 is 1.21 bits per heavy atom. The maximum Gasteiger partial charge on any atom is 0.295 e. The molecule has 0 bridgehead atoms. The predicted molar refractivity (Wildman–Crippen MR) is 69.0 cm³/mol. The monoisotopic (exact) mass is 278 g/mol. The fourth-order valence-electron chi connectivity index (χ4n) is 1.81. The number of fused-ring (bicyclic) bond motifs is 1. The van der Waals surface area contributed by atoms with Crippen LogP contribution in [-0.4, -0.2) is 19.7 Å². The van der Waals surface area contributed by atoms with Crippen molar-refractivity contribution in [3.8, 4) is 5.69 Å². The molecule has 0 aliphatic rings. The molecule has 4 nitrogen and oxygen atoms in total. The molecule has 19 heavy (non-hydrogen) atoms. The van der Waals surface area contributed by atoms with Gasteiger partial charge in [-0.15, -0.1) is 0 Å². The highest BCUT2D eigenvalue weighted by Crippen LogP contribution is 2.21. The molecule has 3 aromatic rings. The summed E-state index contributed by atoms with van der Waals surface area (Å²) < 4.78 is 27.1. The minimum absolute atomic E-state index is 0.117. The first-order valence-electron chi connectivity index (χ1n) is 5.48. The van der Waals surface area contributed by atoms with Crippen LogP contribution in [0.2, 0.25) is 0 Å². The molecule has 0 saturated carbocycles. The van der Waals surface area contributed by atoms with Crippen LogP contribution in [-0.2, 0) is 0 Å². The molecule has 0 radical (unpaired) electrons. The number of alkyl halides is 2. The zero-order valence-corrected chi connectivity index (χ0v) is 10.4. The van der Waals surface area contributed by atoms with Crippen LogP contribution in [0.5, 0.6) is 0 Å². The van der Waals surface area contributed by atoms with Crippen molar-refractivity contribution >= 4 is 23.3 Å². The standard InChI is InChI=1S/C12H8F2N4S/c13-9(14)10-16-11-8(12(19)17-10)6-15-18(11)7-4-2-1-3-5-7/h1-6,9H,(H,16,17,19). The molecule has 2 heterocycles. The van der Waals surface area contributed by atoms with Crippen LogP contribution < -0.4 is 0 Å². The second-order valence-electron chi connectivity index (χ2n) is 3.88. The summed E-state index contributed by atoms with van der Waals surface area (Å²) in [5, 5.41) is 4.71. The zero-order chi connectivity index (χ0) is 13.4. The average molecular weight is 278 g/mol. The van der Waals surface area contributed by atoms with Gasteiger partial charge in [-0.2, -0.15) is 5.10 Å². The van der Waals surface area contributed by atoms with E-state index < -0.39 is 12.2 Å². The smallest absolute Gasteiger partial charge is 0.295 e. The molecule has 0 fully saturated rings. The number of para-hydroxylation sites is 1. The minimum Gasteiger partial charge on any atom is -0.323 e. The van der Waals surface area contributed by atoms with E-state index in [2.05, 4.69) is 15.1 Å². The van der Waals surface area contributed by atoms with E-state index in [1.165, 1.54) is 10.9 Å². The molecule has 0 unspecified atom stereocenters. The Kier molecular flexibility index (Phi) is 2.83. The highest BCUT2D eigenvalue weighted by atomic mass is 32.1. The molecule has 0 spiro atoms. The molecule has 0 saturated heterocycles. The molecule has 3 rings (SSSR count). The third-order valence-corrected chi connectivity index (χ3v) is 2.99. The van der Waals surface area contributed by atoms with Gasteiger partial charge in [0, 0.05) is 0 Å². The molecule has 0 aliphatic heterocycles. The predicted octanol–water partition coefficient (Wildman–Crippen LogP) is 3.42. The van der Waals surface area contributed by atoms with Crippen molar-refractivity contribution in [3.05, 3.63) is 47.0 Å². The van der Waals surface area contributed by atoms with Gasteiger partial charge in [0.15, 0.2) is 5.82 Å². The molecular weight excluding hydrogens is 270 g/mol. The maximum atomic E-state index is 12.7. The normalized spacial score (nSPS) is 11.3. The van der Waals surface area contributed by atoms with E-state index in [1.54, 1.807) is 0 Å². The molecule has 0 atom stereocenters. The highest BCUT2D eigenvalue weighted by molar-refractivity contribution is 7.71. The summed E-state index contributed by atoms with van der Waals surface area (Å²) in [7, 11) is 0. The number of aromatic nitrogens is 4. The number of nitrogens with zero attached hydrogens (tertiary/aromatic N) is 3. The van der Waals surface area contributed by atoms with E-state index in [0.717, 1.165) is 5.69 Å². The number of benzene rings is 1. The van der Waals surface area contributed by atoms with Crippen molar-refractivity contribution in [2.24, 2.45) is 0 Å². The third kappa shape index (κ3) is 2.01. The fraction of sp³-hybridized carbons (Fsp3) is 0.0833. The van der Waals surface area contributed by atoms with Crippen LogP contribution in [0.4, 0.5) is 8.78 Å². The van der Waals surface area contributed by atoms with Gasteiger partial charge in [0.05, 0.1) is 17.3 Å². The SMILES string of the molecule is FC(F)c1nc(=S)c2cnn(-c3ccccc3)c2[nH]1. The van der Waals surface area contributed by atoms with Gasteiger partial charge in [-0.05, 0) is 12.1 Å². The molecule has 96 valence electrons. The summed E-state index contributed by atoms with van der Waals surface area (Å²) in [6.45, 7) is 0. The van der Waals surface area contributed by atoms with Crippen LogP contribution >= 0.6 is 12.2 Å². The van der Waals surface area contributed by atoms with Crippen molar-refractivity contribution in [3.63, 3.8) is 0 Å². The van der Waals surface area contributed by atoms with Gasteiger partial charge in [-0.25, -0.2) is 18.4 Å². The third-order valence-electron chi connectivity index (χ3n) is 2.68. The first kappa shape index (κ1) is 11.9. The van der Waals surface area contributed by atoms with Gasteiger partial charge in [-0.3, -0.25) is 0 Å². The quantitative estimate of drug-likeness (QED) is 0.731. The Labute approximate surface area is 111 Å². The van der Waals surface area contributed by atoms with E-state index in [4.69, 9.17) is 12.2 Å². The number of H-pyrrole nitrogens is 1. The first-order valence-corrected chi connectivity index (χ1v) is 5.89. The lowest BCUT2D eigenvalue weighted by Gasteiger charge is -2.05. The Bertz CT molecular complexity index is 779. The Balaban J connectivity index is 2.31. The summed E-state index contributed by atoms with van der Waals surface area (Å²) in [5.74, 6) is -0.449. The number of halogens is 2. The van der Waals surface area contributed by atoms with E-state index in [9.17, 15) is 8.78 Å². The van der Waals surface area contributed by atoms with Crippen molar-refractivity contribution < 1.29 is 8.78 Å². The van der Waals surface area contributed by atoms with Gasteiger partial charge >= 0.3 is 0 Å². The second kappa shape index (κ2) is 4.51. The van der Waals surface area contributed by atoms with Crippen LogP contribution in [0, 0.1) is 4.64 Å². The van der Waals surface area contributed by atoms with Gasteiger partial charge in [0.1, 0.15) is 10.3 Å². The molecule has 7 heteroatoms. The van der Waals surface area contributed by atoms with Crippen LogP contribution in [0.25, 0.3) is 16.7 Å². The summed E-state index contributed by atoms with van der Waals surface area (Å²) in [4.78, 5) is 6.25. The summed E-state index contributed by atoms with van der Waals surface area (Å²) in [5.41, 5.74) is 1.18. The van der Waals surface area contributed by atoms with E-state index >= 15 is 0 Å². The molecule has 0 amide bonds. The lowest BCUT2D eigenvalue weighted by atomic mass is 10.3. The number of hydrogen-bond donors (Lipinski definition) is 1. The fourth-order valence-corrected chi connectivity index (χ4v) is 2.06. The summed E-state index contributed by atoms with van der Waals surface area (Å²) in [6.07, 6.45) is -1.19. The number of nitrogens with one attached hydrogen (secondary N) is 1. The van der Waals surface area contributed by atoms with Crippen molar-refractivity contribution in [1.29, 1.82) is 0 Å². The van der Waals surface area contributed by atoms with Crippen LogP contribution in [0.3, 0.4) is 0 Å².